The van der Waals surface area contributed by atoms with Crippen molar-refractivity contribution in [3.63, 3.8) is 0 Å². The van der Waals surface area contributed by atoms with Gasteiger partial charge >= 0.3 is 5.97 Å². The van der Waals surface area contributed by atoms with Crippen LogP contribution in [-0.2, 0) is 17.6 Å². The van der Waals surface area contributed by atoms with Crippen molar-refractivity contribution in [3.05, 3.63) is 35.4 Å². The highest BCUT2D eigenvalue weighted by Crippen LogP contribution is 2.29. The lowest BCUT2D eigenvalue weighted by molar-refractivity contribution is -0.142. The lowest BCUT2D eigenvalue weighted by Crippen LogP contribution is -2.36. The minimum Gasteiger partial charge on any atom is -0.481 e. The Morgan fingerprint density at radius 1 is 1.10 bits per heavy atom. The minimum atomic E-state index is -0.614. The first-order chi connectivity index (χ1) is 10.2. The normalized spacial score (nSPS) is 25.7. The summed E-state index contributed by atoms with van der Waals surface area (Å²) in [6, 6.07) is 9.33. The predicted octanol–water partition coefficient (Wildman–Crippen LogP) is 3.02. The van der Waals surface area contributed by atoms with Crippen molar-refractivity contribution in [1.82, 2.24) is 5.32 Å². The Balaban J connectivity index is 1.36. The molecule has 1 fully saturated rings. The highest BCUT2D eigenvalue weighted by Gasteiger charge is 2.26. The monoisotopic (exact) mass is 287 g/mol. The van der Waals surface area contributed by atoms with Crippen LogP contribution in [0.2, 0.25) is 0 Å². The fraction of sp³-hybridized carbons (Fsp3) is 0.611. The van der Waals surface area contributed by atoms with E-state index in [0.29, 0.717) is 6.04 Å². The number of rotatable bonds is 5. The second-order valence-corrected chi connectivity index (χ2v) is 6.67. The Morgan fingerprint density at radius 3 is 2.29 bits per heavy atom. The van der Waals surface area contributed by atoms with E-state index >= 15 is 0 Å². The van der Waals surface area contributed by atoms with E-state index in [2.05, 4.69) is 29.6 Å². The third-order valence-electron chi connectivity index (χ3n) is 5.20. The molecule has 21 heavy (non-hydrogen) atoms. The molecule has 0 radical (unpaired) electrons. The molecule has 2 aliphatic rings. The van der Waals surface area contributed by atoms with E-state index in [1.54, 1.807) is 0 Å². The summed E-state index contributed by atoms with van der Waals surface area (Å²) in [6.45, 7) is 1.07. The lowest BCUT2D eigenvalue weighted by Gasteiger charge is -2.27. The van der Waals surface area contributed by atoms with Crippen molar-refractivity contribution in [2.24, 2.45) is 11.8 Å². The number of aliphatic carboxylic acids is 1. The van der Waals surface area contributed by atoms with E-state index in [1.807, 2.05) is 0 Å². The number of carboxylic acids is 1. The zero-order valence-corrected chi connectivity index (χ0v) is 12.6. The van der Waals surface area contributed by atoms with Gasteiger partial charge in [-0.05, 0) is 68.5 Å². The van der Waals surface area contributed by atoms with Gasteiger partial charge in [0.25, 0.3) is 0 Å². The summed E-state index contributed by atoms with van der Waals surface area (Å²) in [5.74, 6) is 0.0646. The highest BCUT2D eigenvalue weighted by molar-refractivity contribution is 5.70. The largest absolute Gasteiger partial charge is 0.481 e. The minimum absolute atomic E-state index is 0.104. The van der Waals surface area contributed by atoms with Gasteiger partial charge in [-0.3, -0.25) is 4.79 Å². The Hall–Kier alpha value is -1.35. The first-order valence-electron chi connectivity index (χ1n) is 8.25. The average Bonchev–Trinajstić information content (AvgIpc) is 2.90. The van der Waals surface area contributed by atoms with Gasteiger partial charge in [-0.15, -0.1) is 0 Å². The van der Waals surface area contributed by atoms with E-state index in [4.69, 9.17) is 5.11 Å². The molecule has 0 heterocycles. The van der Waals surface area contributed by atoms with Crippen LogP contribution >= 0.6 is 0 Å². The number of fused-ring (bicyclic) bond motifs is 1. The molecule has 0 unspecified atom stereocenters. The smallest absolute Gasteiger partial charge is 0.306 e. The number of nitrogens with one attached hydrogen (secondary N) is 1. The zero-order chi connectivity index (χ0) is 14.7. The van der Waals surface area contributed by atoms with E-state index in [-0.39, 0.29) is 5.92 Å². The molecule has 3 rings (SSSR count). The number of benzene rings is 1. The van der Waals surface area contributed by atoms with Crippen molar-refractivity contribution in [2.75, 3.05) is 6.54 Å². The van der Waals surface area contributed by atoms with Gasteiger partial charge in [-0.2, -0.15) is 0 Å². The van der Waals surface area contributed by atoms with Gasteiger partial charge < -0.3 is 10.4 Å². The third kappa shape index (κ3) is 3.65. The van der Waals surface area contributed by atoms with E-state index in [0.717, 1.165) is 38.1 Å². The molecule has 0 bridgehead atoms. The van der Waals surface area contributed by atoms with Gasteiger partial charge in [-0.25, -0.2) is 0 Å². The first kappa shape index (κ1) is 14.6. The number of carbonyl (C=O) groups is 1. The number of hydrogen-bond donors (Lipinski definition) is 2. The highest BCUT2D eigenvalue weighted by atomic mass is 16.4. The quantitative estimate of drug-likeness (QED) is 0.875. The molecule has 0 spiro atoms. The molecule has 2 aliphatic carbocycles. The second-order valence-electron chi connectivity index (χ2n) is 6.67. The molecule has 3 heteroatoms. The molecule has 3 nitrogen and oxygen atoms in total. The SMILES string of the molecule is O=C(O)C1CCC(NCCC2Cc3ccccc3C2)CC1. The zero-order valence-electron chi connectivity index (χ0n) is 12.6. The van der Waals surface area contributed by atoms with Gasteiger partial charge in [0.1, 0.15) is 0 Å². The van der Waals surface area contributed by atoms with Gasteiger partial charge in [0, 0.05) is 6.04 Å². The van der Waals surface area contributed by atoms with Crippen LogP contribution in [0, 0.1) is 11.8 Å². The molecule has 2 N–H and O–H groups in total. The fourth-order valence-electron chi connectivity index (χ4n) is 3.89. The standard InChI is InChI=1S/C18H25NO2/c20-18(21)14-5-7-17(8-6-14)19-10-9-13-11-15-3-1-2-4-16(15)12-13/h1-4,13-14,17,19H,5-12H2,(H,20,21). The number of hydrogen-bond acceptors (Lipinski definition) is 2. The third-order valence-corrected chi connectivity index (χ3v) is 5.20. The molecule has 0 amide bonds. The summed E-state index contributed by atoms with van der Waals surface area (Å²) in [5.41, 5.74) is 3.06. The first-order valence-corrected chi connectivity index (χ1v) is 8.25. The topological polar surface area (TPSA) is 49.3 Å². The lowest BCUT2D eigenvalue weighted by atomic mass is 9.86. The molecular formula is C18H25NO2. The van der Waals surface area contributed by atoms with Crippen molar-refractivity contribution in [2.45, 2.75) is 51.0 Å². The summed E-state index contributed by atoms with van der Waals surface area (Å²) in [7, 11) is 0. The molecule has 1 saturated carbocycles. The predicted molar refractivity (Wildman–Crippen MR) is 83.3 cm³/mol. The van der Waals surface area contributed by atoms with Crippen LogP contribution in [-0.4, -0.2) is 23.7 Å². The van der Waals surface area contributed by atoms with Gasteiger partial charge in [0.2, 0.25) is 0 Å². The molecule has 1 aromatic rings. The Kier molecular flexibility index (Phi) is 4.59. The summed E-state index contributed by atoms with van der Waals surface area (Å²) in [5, 5.41) is 12.7. The van der Waals surface area contributed by atoms with Crippen molar-refractivity contribution in [1.29, 1.82) is 0 Å². The summed E-state index contributed by atoms with van der Waals surface area (Å²) < 4.78 is 0. The van der Waals surface area contributed by atoms with E-state index in [9.17, 15) is 4.79 Å². The second kappa shape index (κ2) is 6.61. The maximum absolute atomic E-state index is 10.9. The maximum Gasteiger partial charge on any atom is 0.306 e. The molecule has 0 atom stereocenters. The van der Waals surface area contributed by atoms with Gasteiger partial charge in [0.15, 0.2) is 0 Å². The van der Waals surface area contributed by atoms with Crippen LogP contribution in [0.5, 0.6) is 0 Å². The molecule has 1 aromatic carbocycles. The van der Waals surface area contributed by atoms with Crippen LogP contribution < -0.4 is 5.32 Å². The summed E-state index contributed by atoms with van der Waals surface area (Å²) >= 11 is 0. The van der Waals surface area contributed by atoms with Crippen LogP contribution in [0.3, 0.4) is 0 Å². The summed E-state index contributed by atoms with van der Waals surface area (Å²) in [6.07, 6.45) is 7.38. The summed E-state index contributed by atoms with van der Waals surface area (Å²) in [4.78, 5) is 10.9. The van der Waals surface area contributed by atoms with Crippen LogP contribution in [0.4, 0.5) is 0 Å². The average molecular weight is 287 g/mol. The molecule has 0 aromatic heterocycles. The van der Waals surface area contributed by atoms with Crippen LogP contribution in [0.15, 0.2) is 24.3 Å². The van der Waals surface area contributed by atoms with Crippen molar-refractivity contribution in [3.8, 4) is 0 Å². The Morgan fingerprint density at radius 2 is 1.71 bits per heavy atom. The molecular weight excluding hydrogens is 262 g/mol. The van der Waals surface area contributed by atoms with Crippen molar-refractivity contribution >= 4 is 5.97 Å². The van der Waals surface area contributed by atoms with Crippen molar-refractivity contribution < 1.29 is 9.90 Å². The Bertz CT molecular complexity index is 467. The molecule has 0 aliphatic heterocycles. The Labute approximate surface area is 126 Å². The maximum atomic E-state index is 10.9. The van der Waals surface area contributed by atoms with Crippen LogP contribution in [0.1, 0.15) is 43.2 Å². The molecule has 114 valence electrons. The van der Waals surface area contributed by atoms with Gasteiger partial charge in [-0.1, -0.05) is 24.3 Å². The fourth-order valence-corrected chi connectivity index (χ4v) is 3.89. The number of carboxylic acid groups (broad SMARTS) is 1. The molecule has 0 saturated heterocycles. The van der Waals surface area contributed by atoms with Gasteiger partial charge in [0.05, 0.1) is 5.92 Å². The van der Waals surface area contributed by atoms with Crippen LogP contribution in [0.25, 0.3) is 0 Å². The van der Waals surface area contributed by atoms with E-state index in [1.165, 1.54) is 30.4 Å². The van der Waals surface area contributed by atoms with E-state index < -0.39 is 5.97 Å².